The molecule has 0 aliphatic carbocycles. The van der Waals surface area contributed by atoms with E-state index in [2.05, 4.69) is 54.8 Å². The average Bonchev–Trinajstić information content (AvgIpc) is 3.01. The number of piperazine rings is 1. The number of nitrogens with zero attached hydrogens (tertiary/aromatic N) is 7. The summed E-state index contributed by atoms with van der Waals surface area (Å²) in [6.07, 6.45) is 0.444. The third kappa shape index (κ3) is 6.61. The number of nitriles is 1. The molecule has 3 fully saturated rings. The lowest BCUT2D eigenvalue weighted by molar-refractivity contribution is -0.0728. The second kappa shape index (κ2) is 13.2. The van der Waals surface area contributed by atoms with Gasteiger partial charge >= 0.3 is 0 Å². The Labute approximate surface area is 257 Å². The molecule has 2 aromatic carbocycles. The number of likely N-dealkylation sites (tertiary alicyclic amines) is 1. The van der Waals surface area contributed by atoms with E-state index < -0.39 is 12.3 Å². The smallest absolute Gasteiger partial charge is 0.230 e. The summed E-state index contributed by atoms with van der Waals surface area (Å²) >= 11 is 0. The second-order valence-electron chi connectivity index (χ2n) is 11.5. The molecule has 1 unspecified atom stereocenters. The highest BCUT2D eigenvalue weighted by molar-refractivity contribution is 5.64. The Balaban J connectivity index is 1.07. The molecule has 44 heavy (non-hydrogen) atoms. The normalized spacial score (nSPS) is 20.9. The van der Waals surface area contributed by atoms with Gasteiger partial charge in [-0.3, -0.25) is 4.90 Å². The zero-order chi connectivity index (χ0) is 30.6. The molecule has 3 saturated heterocycles. The lowest BCUT2D eigenvalue weighted by Gasteiger charge is -2.43. The Morgan fingerprint density at radius 3 is 2.50 bits per heavy atom. The standard InChI is InChI=1S/C32H38N8O4/c1-21-15-28(9-10-40(21)31(42)22(2)41)44-29-8-3-23(16-24(29)17-33)30-34-20-35-32(37-30)36-25-4-6-26(7-5-25)38-11-13-39(14-12-38)27-18-43-19-27/h3-8,16,20,22,27-28,31,41-42H,1,9-15,18-19H2,2H3,(H,34,35,36,37)/t22-,28+,31?/m1/s1. The summed E-state index contributed by atoms with van der Waals surface area (Å²) in [4.78, 5) is 19.8. The van der Waals surface area contributed by atoms with Crippen molar-refractivity contribution in [3.05, 3.63) is 66.6 Å². The molecule has 3 aliphatic heterocycles. The van der Waals surface area contributed by atoms with Crippen molar-refractivity contribution in [2.45, 2.75) is 44.2 Å². The van der Waals surface area contributed by atoms with Crippen molar-refractivity contribution in [3.63, 3.8) is 0 Å². The van der Waals surface area contributed by atoms with Crippen LogP contribution in [-0.2, 0) is 4.74 Å². The summed E-state index contributed by atoms with van der Waals surface area (Å²) < 4.78 is 11.5. The lowest BCUT2D eigenvalue weighted by atomic mass is 10.0. The van der Waals surface area contributed by atoms with E-state index in [0.717, 1.165) is 45.1 Å². The summed E-state index contributed by atoms with van der Waals surface area (Å²) in [5, 5.41) is 33.1. The van der Waals surface area contributed by atoms with Gasteiger partial charge in [0, 0.05) is 68.2 Å². The quantitative estimate of drug-likeness (QED) is 0.333. The minimum Gasteiger partial charge on any atom is -0.489 e. The minimum absolute atomic E-state index is 0.204. The molecule has 230 valence electrons. The predicted octanol–water partition coefficient (Wildman–Crippen LogP) is 2.73. The fourth-order valence-corrected chi connectivity index (χ4v) is 5.80. The molecule has 3 aromatic rings. The van der Waals surface area contributed by atoms with Crippen LogP contribution < -0.4 is 15.0 Å². The van der Waals surface area contributed by atoms with E-state index in [1.54, 1.807) is 24.0 Å². The van der Waals surface area contributed by atoms with Gasteiger partial charge in [-0.25, -0.2) is 9.97 Å². The lowest BCUT2D eigenvalue weighted by Crippen LogP contribution is -2.56. The van der Waals surface area contributed by atoms with Crippen molar-refractivity contribution in [3.8, 4) is 23.2 Å². The molecule has 0 bridgehead atoms. The number of aromatic nitrogens is 3. The van der Waals surface area contributed by atoms with Crippen LogP contribution in [0.3, 0.4) is 0 Å². The van der Waals surface area contributed by atoms with E-state index in [1.165, 1.54) is 12.0 Å². The van der Waals surface area contributed by atoms with Crippen molar-refractivity contribution in [2.24, 2.45) is 0 Å². The summed E-state index contributed by atoms with van der Waals surface area (Å²) in [5.41, 5.74) is 3.78. The maximum Gasteiger partial charge on any atom is 0.230 e. The van der Waals surface area contributed by atoms with Gasteiger partial charge < -0.3 is 34.8 Å². The van der Waals surface area contributed by atoms with E-state index in [1.807, 2.05) is 18.2 Å². The Kier molecular flexibility index (Phi) is 8.90. The number of hydrogen-bond acceptors (Lipinski definition) is 12. The molecule has 6 rings (SSSR count). The Hall–Kier alpha value is -4.28. The number of nitrogens with one attached hydrogen (secondary N) is 1. The number of ether oxygens (including phenoxy) is 2. The van der Waals surface area contributed by atoms with Gasteiger partial charge in [-0.1, -0.05) is 6.58 Å². The van der Waals surface area contributed by atoms with Crippen LogP contribution in [-0.4, -0.2) is 105 Å². The topological polar surface area (TPSA) is 143 Å². The van der Waals surface area contributed by atoms with Gasteiger partial charge in [-0.15, -0.1) is 0 Å². The average molecular weight is 599 g/mol. The molecule has 3 atom stereocenters. The summed E-state index contributed by atoms with van der Waals surface area (Å²) in [7, 11) is 0. The molecule has 0 saturated carbocycles. The highest BCUT2D eigenvalue weighted by Crippen LogP contribution is 2.30. The fourth-order valence-electron chi connectivity index (χ4n) is 5.80. The third-order valence-electron chi connectivity index (χ3n) is 8.48. The van der Waals surface area contributed by atoms with Crippen LogP contribution in [0.25, 0.3) is 11.4 Å². The minimum atomic E-state index is -1.00. The number of piperidine rings is 1. The van der Waals surface area contributed by atoms with Gasteiger partial charge in [0.05, 0.1) is 30.9 Å². The predicted molar refractivity (Wildman–Crippen MR) is 165 cm³/mol. The van der Waals surface area contributed by atoms with Crippen LogP contribution in [0, 0.1) is 11.3 Å². The SMILES string of the molecule is C=C1C[C@@H](Oc2ccc(-c3ncnc(Nc4ccc(N5CCN(C6COC6)CC5)cc4)n3)cc2C#N)CCN1C(O)[C@@H](C)O. The zero-order valence-electron chi connectivity index (χ0n) is 24.8. The molecule has 4 heterocycles. The molecule has 1 aromatic heterocycles. The molecule has 3 N–H and O–H groups in total. The monoisotopic (exact) mass is 598 g/mol. The van der Waals surface area contributed by atoms with Crippen LogP contribution in [0.2, 0.25) is 0 Å². The van der Waals surface area contributed by atoms with Crippen LogP contribution >= 0.6 is 0 Å². The van der Waals surface area contributed by atoms with E-state index in [-0.39, 0.29) is 6.10 Å². The van der Waals surface area contributed by atoms with Gasteiger partial charge in [0.2, 0.25) is 5.95 Å². The molecule has 12 heteroatoms. The van der Waals surface area contributed by atoms with Crippen LogP contribution in [0.15, 0.2) is 61.1 Å². The molecule has 0 spiro atoms. The Morgan fingerprint density at radius 2 is 1.84 bits per heavy atom. The highest BCUT2D eigenvalue weighted by atomic mass is 16.5. The summed E-state index contributed by atoms with van der Waals surface area (Å²) in [6.45, 7) is 11.9. The van der Waals surface area contributed by atoms with E-state index in [0.29, 0.717) is 59.8 Å². The first kappa shape index (κ1) is 29.8. The van der Waals surface area contributed by atoms with Crippen molar-refractivity contribution >= 4 is 17.3 Å². The largest absolute Gasteiger partial charge is 0.489 e. The fraction of sp³-hybridized carbons (Fsp3) is 0.438. The third-order valence-corrected chi connectivity index (χ3v) is 8.48. The van der Waals surface area contributed by atoms with Crippen molar-refractivity contribution in [2.75, 3.05) is 56.2 Å². The number of rotatable bonds is 9. The Morgan fingerprint density at radius 1 is 1.07 bits per heavy atom. The van der Waals surface area contributed by atoms with Gasteiger partial charge in [0.25, 0.3) is 0 Å². The van der Waals surface area contributed by atoms with Gasteiger partial charge in [0.15, 0.2) is 12.1 Å². The molecule has 0 amide bonds. The molecular formula is C32H38N8O4. The first-order valence-electron chi connectivity index (χ1n) is 15.0. The maximum atomic E-state index is 10.2. The van der Waals surface area contributed by atoms with Gasteiger partial charge in [-0.2, -0.15) is 10.2 Å². The first-order valence-corrected chi connectivity index (χ1v) is 15.0. The number of hydrogen-bond donors (Lipinski definition) is 3. The Bertz CT molecular complexity index is 1500. The maximum absolute atomic E-state index is 10.2. The van der Waals surface area contributed by atoms with E-state index in [9.17, 15) is 15.5 Å². The van der Waals surface area contributed by atoms with Gasteiger partial charge in [-0.05, 0) is 49.4 Å². The number of aliphatic hydroxyl groups is 2. The van der Waals surface area contributed by atoms with Crippen LogP contribution in [0.4, 0.5) is 17.3 Å². The van der Waals surface area contributed by atoms with Crippen molar-refractivity contribution in [1.29, 1.82) is 5.26 Å². The number of aliphatic hydroxyl groups excluding tert-OH is 2. The summed E-state index contributed by atoms with van der Waals surface area (Å²) in [6, 6.07) is 16.4. The van der Waals surface area contributed by atoms with Crippen molar-refractivity contribution < 1.29 is 19.7 Å². The molecule has 12 nitrogen and oxygen atoms in total. The number of anilines is 3. The van der Waals surface area contributed by atoms with Crippen molar-refractivity contribution in [1.82, 2.24) is 24.8 Å². The van der Waals surface area contributed by atoms with E-state index >= 15 is 0 Å². The highest BCUT2D eigenvalue weighted by Gasteiger charge is 2.30. The van der Waals surface area contributed by atoms with E-state index in [4.69, 9.17) is 9.47 Å². The second-order valence-corrected chi connectivity index (χ2v) is 11.5. The van der Waals surface area contributed by atoms with Crippen LogP contribution in [0.1, 0.15) is 25.3 Å². The number of benzene rings is 2. The summed E-state index contributed by atoms with van der Waals surface area (Å²) in [5.74, 6) is 1.30. The first-order chi connectivity index (χ1) is 21.4. The molecule has 0 radical (unpaired) electrons. The van der Waals surface area contributed by atoms with Gasteiger partial charge in [0.1, 0.15) is 24.3 Å². The zero-order valence-corrected chi connectivity index (χ0v) is 24.8. The molecule has 3 aliphatic rings. The molecular weight excluding hydrogens is 560 g/mol. The van der Waals surface area contributed by atoms with Crippen LogP contribution in [0.5, 0.6) is 5.75 Å².